The summed E-state index contributed by atoms with van der Waals surface area (Å²) in [7, 11) is 0. The summed E-state index contributed by atoms with van der Waals surface area (Å²) in [4.78, 5) is 25.6. The number of carbonyl (C=O) groups excluding carboxylic acids is 2. The van der Waals surface area contributed by atoms with Crippen LogP contribution in [-0.4, -0.2) is 32.3 Å². The summed E-state index contributed by atoms with van der Waals surface area (Å²) in [5.74, 6) is 0.373. The van der Waals surface area contributed by atoms with Gasteiger partial charge >= 0.3 is 0 Å². The smallest absolute Gasteiger partial charge is 0.253 e. The Morgan fingerprint density at radius 3 is 2.43 bits per heavy atom. The van der Waals surface area contributed by atoms with Crippen molar-refractivity contribution in [1.29, 1.82) is 0 Å². The van der Waals surface area contributed by atoms with Crippen LogP contribution in [0.1, 0.15) is 47.2 Å². The highest BCUT2D eigenvalue weighted by Crippen LogP contribution is 2.27. The number of thioether (sulfide) groups is 1. The van der Waals surface area contributed by atoms with Gasteiger partial charge in [-0.15, -0.1) is 16.8 Å². The first kappa shape index (κ1) is 26.5. The highest BCUT2D eigenvalue weighted by atomic mass is 35.5. The third-order valence-electron chi connectivity index (χ3n) is 5.48. The van der Waals surface area contributed by atoms with Crippen molar-refractivity contribution in [2.24, 2.45) is 5.92 Å². The monoisotopic (exact) mass is 511 g/mol. The number of hydrogen-bond donors (Lipinski definition) is 2. The number of nitrogens with zero attached hydrogens (tertiary/aromatic N) is 3. The van der Waals surface area contributed by atoms with Gasteiger partial charge in [-0.25, -0.2) is 0 Å². The summed E-state index contributed by atoms with van der Waals surface area (Å²) >= 11 is 7.50. The van der Waals surface area contributed by atoms with E-state index in [4.69, 9.17) is 11.6 Å². The zero-order valence-electron chi connectivity index (χ0n) is 20.3. The molecule has 2 amide bonds. The number of anilines is 1. The molecule has 3 rings (SSSR count). The molecular weight excluding hydrogens is 482 g/mol. The van der Waals surface area contributed by atoms with E-state index in [1.54, 1.807) is 30.3 Å². The third-order valence-corrected chi connectivity index (χ3v) is 6.78. The maximum atomic E-state index is 12.9. The topological polar surface area (TPSA) is 88.9 Å². The van der Waals surface area contributed by atoms with E-state index in [1.165, 1.54) is 11.8 Å². The Balaban J connectivity index is 1.78. The molecular formula is C26H30ClN5O2S. The summed E-state index contributed by atoms with van der Waals surface area (Å²) in [6.07, 6.45) is 1.74. The number of benzene rings is 2. The van der Waals surface area contributed by atoms with Crippen LogP contribution in [0.4, 0.5) is 5.69 Å². The first-order valence-electron chi connectivity index (χ1n) is 11.3. The van der Waals surface area contributed by atoms with Crippen molar-refractivity contribution in [1.82, 2.24) is 20.1 Å². The molecule has 0 saturated heterocycles. The van der Waals surface area contributed by atoms with E-state index >= 15 is 0 Å². The van der Waals surface area contributed by atoms with Crippen LogP contribution >= 0.6 is 23.4 Å². The summed E-state index contributed by atoms with van der Waals surface area (Å²) in [6.45, 7) is 12.2. The Kier molecular flexibility index (Phi) is 9.12. The molecule has 0 saturated carbocycles. The molecule has 0 aliphatic carbocycles. The number of halogens is 1. The van der Waals surface area contributed by atoms with Crippen molar-refractivity contribution in [3.05, 3.63) is 82.7 Å². The summed E-state index contributed by atoms with van der Waals surface area (Å²) in [5.41, 5.74) is 3.24. The van der Waals surface area contributed by atoms with Crippen LogP contribution in [-0.2, 0) is 11.3 Å². The highest BCUT2D eigenvalue weighted by molar-refractivity contribution is 7.99. The van der Waals surface area contributed by atoms with Crippen molar-refractivity contribution in [3.8, 4) is 0 Å². The maximum absolute atomic E-state index is 12.9. The summed E-state index contributed by atoms with van der Waals surface area (Å²) < 4.78 is 1.88. The molecule has 2 N–H and O–H groups in total. The zero-order valence-corrected chi connectivity index (χ0v) is 21.9. The number of amides is 2. The Morgan fingerprint density at radius 2 is 1.80 bits per heavy atom. The average Bonchev–Trinajstić information content (AvgIpc) is 3.21. The number of aryl methyl sites for hydroxylation is 2. The van der Waals surface area contributed by atoms with Gasteiger partial charge in [-0.2, -0.15) is 0 Å². The maximum Gasteiger partial charge on any atom is 0.253 e. The third kappa shape index (κ3) is 6.52. The Hall–Kier alpha value is -3.10. The van der Waals surface area contributed by atoms with Gasteiger partial charge in [0.25, 0.3) is 5.91 Å². The number of nitrogens with one attached hydrogen (secondary N) is 2. The molecule has 35 heavy (non-hydrogen) atoms. The fourth-order valence-electron chi connectivity index (χ4n) is 3.65. The molecule has 2 aromatic carbocycles. The van der Waals surface area contributed by atoms with E-state index < -0.39 is 6.04 Å². The second-order valence-corrected chi connectivity index (χ2v) is 9.87. The molecule has 1 unspecified atom stereocenters. The first-order chi connectivity index (χ1) is 16.7. The molecule has 0 spiro atoms. The molecule has 3 aromatic rings. The van der Waals surface area contributed by atoms with Gasteiger partial charge in [-0.3, -0.25) is 9.59 Å². The number of carbonyl (C=O) groups is 2. The van der Waals surface area contributed by atoms with Crippen molar-refractivity contribution in [2.75, 3.05) is 11.1 Å². The van der Waals surface area contributed by atoms with Crippen molar-refractivity contribution in [2.45, 2.75) is 45.4 Å². The predicted octanol–water partition coefficient (Wildman–Crippen LogP) is 5.59. The molecule has 1 atom stereocenters. The molecule has 0 bridgehead atoms. The van der Waals surface area contributed by atoms with E-state index in [0.29, 0.717) is 28.1 Å². The van der Waals surface area contributed by atoms with E-state index in [-0.39, 0.29) is 23.5 Å². The van der Waals surface area contributed by atoms with Gasteiger partial charge in [-0.1, -0.05) is 73.6 Å². The summed E-state index contributed by atoms with van der Waals surface area (Å²) in [6, 6.07) is 12.4. The second kappa shape index (κ2) is 12.0. The number of para-hydroxylation sites is 1. The Morgan fingerprint density at radius 1 is 1.11 bits per heavy atom. The van der Waals surface area contributed by atoms with Gasteiger partial charge < -0.3 is 15.2 Å². The number of rotatable bonds is 10. The summed E-state index contributed by atoms with van der Waals surface area (Å²) in [5, 5.41) is 15.7. The lowest BCUT2D eigenvalue weighted by molar-refractivity contribution is -0.113. The minimum atomic E-state index is -0.413. The van der Waals surface area contributed by atoms with Crippen LogP contribution in [0.3, 0.4) is 0 Å². The standard InChI is InChI=1S/C26H30ClN5O2S/c1-6-14-32-24(22(16(2)3)29-25(34)19-12-7-8-13-20(19)27)30-31-26(32)35-15-21(33)28-23-17(4)10-9-11-18(23)5/h6-13,16,22H,1,14-15H2,2-5H3,(H,28,33)(H,29,34). The predicted molar refractivity (Wildman–Crippen MR) is 142 cm³/mol. The van der Waals surface area contributed by atoms with Crippen LogP contribution in [0.15, 0.2) is 60.3 Å². The molecule has 0 aliphatic rings. The molecule has 184 valence electrons. The van der Waals surface area contributed by atoms with Crippen molar-refractivity contribution < 1.29 is 9.59 Å². The Labute approximate surface area is 215 Å². The van der Waals surface area contributed by atoms with E-state index in [0.717, 1.165) is 16.8 Å². The lowest BCUT2D eigenvalue weighted by Gasteiger charge is -2.23. The second-order valence-electron chi connectivity index (χ2n) is 8.52. The molecule has 7 nitrogen and oxygen atoms in total. The van der Waals surface area contributed by atoms with Crippen LogP contribution in [0, 0.1) is 19.8 Å². The lowest BCUT2D eigenvalue weighted by Crippen LogP contribution is -2.34. The number of hydrogen-bond acceptors (Lipinski definition) is 5. The fraction of sp³-hybridized carbons (Fsp3) is 0.308. The quantitative estimate of drug-likeness (QED) is 0.273. The molecule has 1 heterocycles. The van der Waals surface area contributed by atoms with Crippen LogP contribution in [0.25, 0.3) is 0 Å². The normalized spacial score (nSPS) is 11.8. The number of allylic oxidation sites excluding steroid dienone is 1. The lowest BCUT2D eigenvalue weighted by atomic mass is 10.0. The van der Waals surface area contributed by atoms with Crippen molar-refractivity contribution >= 4 is 40.9 Å². The Bertz CT molecular complexity index is 1200. The van der Waals surface area contributed by atoms with E-state index in [9.17, 15) is 9.59 Å². The zero-order chi connectivity index (χ0) is 25.5. The largest absolute Gasteiger partial charge is 0.342 e. The van der Waals surface area contributed by atoms with Crippen molar-refractivity contribution in [3.63, 3.8) is 0 Å². The van der Waals surface area contributed by atoms with Crippen LogP contribution in [0.2, 0.25) is 5.02 Å². The van der Waals surface area contributed by atoms with Gasteiger partial charge in [0, 0.05) is 12.2 Å². The van der Waals surface area contributed by atoms with E-state index in [2.05, 4.69) is 27.4 Å². The SMILES string of the molecule is C=CCn1c(SCC(=O)Nc2c(C)cccc2C)nnc1C(NC(=O)c1ccccc1Cl)C(C)C. The minimum absolute atomic E-state index is 0.0272. The first-order valence-corrected chi connectivity index (χ1v) is 12.7. The van der Waals surface area contributed by atoms with Gasteiger partial charge in [-0.05, 0) is 43.0 Å². The highest BCUT2D eigenvalue weighted by Gasteiger charge is 2.27. The van der Waals surface area contributed by atoms with Crippen LogP contribution in [0.5, 0.6) is 0 Å². The molecule has 1 aromatic heterocycles. The molecule has 0 fully saturated rings. The van der Waals surface area contributed by atoms with Gasteiger partial charge in [0.05, 0.1) is 22.4 Å². The molecule has 0 aliphatic heterocycles. The molecule has 9 heteroatoms. The minimum Gasteiger partial charge on any atom is -0.342 e. The van der Waals surface area contributed by atoms with Gasteiger partial charge in [0.15, 0.2) is 11.0 Å². The number of aromatic nitrogens is 3. The van der Waals surface area contributed by atoms with Crippen LogP contribution < -0.4 is 10.6 Å². The average molecular weight is 512 g/mol. The fourth-order valence-corrected chi connectivity index (χ4v) is 4.62. The van der Waals surface area contributed by atoms with E-state index in [1.807, 2.05) is 50.5 Å². The van der Waals surface area contributed by atoms with Gasteiger partial charge in [0.2, 0.25) is 5.91 Å². The molecule has 0 radical (unpaired) electrons. The van der Waals surface area contributed by atoms with Gasteiger partial charge in [0.1, 0.15) is 0 Å².